The molecule has 9 heteroatoms. The third-order valence-corrected chi connectivity index (χ3v) is 10.3. The number of aliphatic hydroxyl groups is 5. The molecule has 7 atom stereocenters. The lowest BCUT2D eigenvalue weighted by Gasteiger charge is -2.40. The van der Waals surface area contributed by atoms with Gasteiger partial charge < -0.3 is 40.3 Å². The van der Waals surface area contributed by atoms with Gasteiger partial charge in [0.05, 0.1) is 25.4 Å². The van der Waals surface area contributed by atoms with Gasteiger partial charge in [0, 0.05) is 6.42 Å². The van der Waals surface area contributed by atoms with E-state index in [0.717, 1.165) is 44.4 Å². The van der Waals surface area contributed by atoms with Crippen LogP contribution in [-0.4, -0.2) is 87.5 Å². The van der Waals surface area contributed by atoms with Crippen LogP contribution in [0.4, 0.5) is 0 Å². The Morgan fingerprint density at radius 3 is 1.71 bits per heavy atom. The zero-order valence-corrected chi connectivity index (χ0v) is 33.0. The second-order valence-electron chi connectivity index (χ2n) is 15.6. The van der Waals surface area contributed by atoms with Crippen LogP contribution in [0.3, 0.4) is 0 Å². The molecule has 1 aliphatic heterocycles. The van der Waals surface area contributed by atoms with Gasteiger partial charge in [-0.05, 0) is 25.2 Å². The summed E-state index contributed by atoms with van der Waals surface area (Å²) < 4.78 is 11.2. The van der Waals surface area contributed by atoms with Gasteiger partial charge in [-0.15, -0.1) is 0 Å². The molecule has 0 aromatic carbocycles. The fourth-order valence-corrected chi connectivity index (χ4v) is 6.81. The average molecular weight is 728 g/mol. The average Bonchev–Trinajstić information content (AvgIpc) is 3.11. The number of allylic oxidation sites excluding steroid dienone is 1. The minimum atomic E-state index is -1.56. The molecule has 0 bridgehead atoms. The van der Waals surface area contributed by atoms with Crippen molar-refractivity contribution in [2.45, 2.75) is 231 Å². The molecule has 0 radical (unpaired) electrons. The van der Waals surface area contributed by atoms with Crippen LogP contribution in [0, 0.1) is 5.92 Å². The Hall–Kier alpha value is -1.07. The Bertz CT molecular complexity index is 825. The molecule has 6 N–H and O–H groups in total. The Labute approximate surface area is 312 Å². The van der Waals surface area contributed by atoms with E-state index in [4.69, 9.17) is 9.47 Å². The van der Waals surface area contributed by atoms with Crippen molar-refractivity contribution in [3.8, 4) is 0 Å². The van der Waals surface area contributed by atoms with Crippen molar-refractivity contribution < 1.29 is 39.8 Å². The Morgan fingerprint density at radius 2 is 1.20 bits per heavy atom. The van der Waals surface area contributed by atoms with Crippen LogP contribution in [0.25, 0.3) is 0 Å². The molecule has 1 fully saturated rings. The van der Waals surface area contributed by atoms with Gasteiger partial charge in [-0.25, -0.2) is 0 Å². The minimum Gasteiger partial charge on any atom is -0.394 e. The van der Waals surface area contributed by atoms with Crippen LogP contribution in [0.1, 0.15) is 188 Å². The zero-order valence-electron chi connectivity index (χ0n) is 33.0. The molecule has 0 aromatic rings. The minimum absolute atomic E-state index is 0.177. The van der Waals surface area contributed by atoms with Crippen molar-refractivity contribution in [3.63, 3.8) is 0 Å². The van der Waals surface area contributed by atoms with Crippen molar-refractivity contribution in [1.82, 2.24) is 5.32 Å². The van der Waals surface area contributed by atoms with Crippen LogP contribution < -0.4 is 5.32 Å². The molecule has 1 heterocycles. The van der Waals surface area contributed by atoms with Gasteiger partial charge in [0.15, 0.2) is 6.29 Å². The first-order valence-corrected chi connectivity index (χ1v) is 21.3. The number of unbranched alkanes of at least 4 members (excludes halogenated alkanes) is 22. The third kappa shape index (κ3) is 24.8. The highest BCUT2D eigenvalue weighted by atomic mass is 16.7. The quantitative estimate of drug-likeness (QED) is 0.0288. The summed E-state index contributed by atoms with van der Waals surface area (Å²) in [5.41, 5.74) is 0. The number of aliphatic hydroxyl groups excluding tert-OH is 5. The zero-order chi connectivity index (χ0) is 37.5. The number of ether oxygens (including phenoxy) is 2. The Balaban J connectivity index is 2.40. The number of rotatable bonds is 34. The molecule has 51 heavy (non-hydrogen) atoms. The third-order valence-electron chi connectivity index (χ3n) is 10.3. The monoisotopic (exact) mass is 728 g/mol. The second-order valence-corrected chi connectivity index (χ2v) is 15.6. The van der Waals surface area contributed by atoms with Gasteiger partial charge in [-0.1, -0.05) is 174 Å². The van der Waals surface area contributed by atoms with Gasteiger partial charge in [0.2, 0.25) is 5.91 Å². The summed E-state index contributed by atoms with van der Waals surface area (Å²) in [4.78, 5) is 12.9. The van der Waals surface area contributed by atoms with E-state index in [1.807, 2.05) is 6.08 Å². The summed E-state index contributed by atoms with van der Waals surface area (Å²) in [5, 5.41) is 54.0. The summed E-state index contributed by atoms with van der Waals surface area (Å²) in [6, 6.07) is -0.798. The normalized spacial score (nSPS) is 22.2. The van der Waals surface area contributed by atoms with E-state index < -0.39 is 49.5 Å². The number of hydrogen-bond donors (Lipinski definition) is 6. The lowest BCUT2D eigenvalue weighted by atomic mass is 9.99. The van der Waals surface area contributed by atoms with E-state index in [1.54, 1.807) is 6.08 Å². The molecule has 9 nitrogen and oxygen atoms in total. The molecule has 7 unspecified atom stereocenters. The molecule has 0 aliphatic carbocycles. The summed E-state index contributed by atoms with van der Waals surface area (Å²) in [7, 11) is 0. The number of nitrogens with one attached hydrogen (secondary N) is 1. The van der Waals surface area contributed by atoms with Crippen LogP contribution >= 0.6 is 0 Å². The highest BCUT2D eigenvalue weighted by molar-refractivity contribution is 5.76. The second kappa shape index (κ2) is 32.4. The fourth-order valence-electron chi connectivity index (χ4n) is 6.81. The predicted molar refractivity (Wildman–Crippen MR) is 207 cm³/mol. The number of hydrogen-bond acceptors (Lipinski definition) is 8. The Morgan fingerprint density at radius 1 is 0.706 bits per heavy atom. The number of carbonyl (C=O) groups is 1. The van der Waals surface area contributed by atoms with Crippen molar-refractivity contribution >= 4 is 5.91 Å². The molecule has 0 aromatic heterocycles. The molecule has 1 aliphatic rings. The molecule has 0 spiro atoms. The SMILES string of the molecule is CCCCCCCCCCCCCCCCCC(=O)NC(COC1OC(CO)C(O)C(O)C1O)C(O)C=CCCCCCCCCCCC(C)C. The lowest BCUT2D eigenvalue weighted by molar-refractivity contribution is -0.302. The molecule has 0 saturated carbocycles. The first-order chi connectivity index (χ1) is 24.7. The van der Waals surface area contributed by atoms with E-state index in [0.29, 0.717) is 6.42 Å². The van der Waals surface area contributed by atoms with Gasteiger partial charge in [0.1, 0.15) is 24.4 Å². The first kappa shape index (κ1) is 48.0. The van der Waals surface area contributed by atoms with E-state index in [2.05, 4.69) is 26.1 Å². The summed E-state index contributed by atoms with van der Waals surface area (Å²) in [5.74, 6) is 0.616. The van der Waals surface area contributed by atoms with E-state index >= 15 is 0 Å². The van der Waals surface area contributed by atoms with Crippen molar-refractivity contribution in [2.24, 2.45) is 5.92 Å². The standard InChI is InChI=1S/C42H81NO8/c1-4-5-6-7-8-9-10-11-12-13-14-19-22-25-28-31-38(46)43-35(33-50-42-41(49)40(48)39(47)37(32-44)51-42)36(45)30-27-24-21-18-16-15-17-20-23-26-29-34(2)3/h27,30,34-37,39-42,44-45,47-49H,4-26,28-29,31-33H2,1-3H3,(H,43,46). The molecular formula is C42H81NO8. The highest BCUT2D eigenvalue weighted by Gasteiger charge is 2.44. The smallest absolute Gasteiger partial charge is 0.220 e. The van der Waals surface area contributed by atoms with Crippen LogP contribution in [0.15, 0.2) is 12.2 Å². The van der Waals surface area contributed by atoms with Crippen LogP contribution in [0.5, 0.6) is 0 Å². The van der Waals surface area contributed by atoms with Crippen molar-refractivity contribution in [3.05, 3.63) is 12.2 Å². The summed E-state index contributed by atoms with van der Waals surface area (Å²) in [6.45, 7) is 6.08. The van der Waals surface area contributed by atoms with Gasteiger partial charge in [-0.2, -0.15) is 0 Å². The van der Waals surface area contributed by atoms with E-state index in [9.17, 15) is 30.3 Å². The maximum absolute atomic E-state index is 12.9. The van der Waals surface area contributed by atoms with Gasteiger partial charge in [-0.3, -0.25) is 4.79 Å². The molecule has 302 valence electrons. The van der Waals surface area contributed by atoms with Gasteiger partial charge >= 0.3 is 0 Å². The molecule has 1 amide bonds. The maximum Gasteiger partial charge on any atom is 0.220 e. The van der Waals surface area contributed by atoms with Gasteiger partial charge in [0.25, 0.3) is 0 Å². The largest absolute Gasteiger partial charge is 0.394 e. The van der Waals surface area contributed by atoms with Crippen molar-refractivity contribution in [2.75, 3.05) is 13.2 Å². The molecule has 1 saturated heterocycles. The first-order valence-electron chi connectivity index (χ1n) is 21.3. The number of carbonyl (C=O) groups excluding carboxylic acids is 1. The topological polar surface area (TPSA) is 149 Å². The maximum atomic E-state index is 12.9. The highest BCUT2D eigenvalue weighted by Crippen LogP contribution is 2.22. The van der Waals surface area contributed by atoms with Crippen molar-refractivity contribution in [1.29, 1.82) is 0 Å². The fraction of sp³-hybridized carbons (Fsp3) is 0.929. The number of amides is 1. The summed E-state index contributed by atoms with van der Waals surface area (Å²) in [6.07, 6.45) is 26.8. The van der Waals surface area contributed by atoms with E-state index in [-0.39, 0.29) is 12.5 Å². The lowest BCUT2D eigenvalue weighted by Crippen LogP contribution is -2.60. The van der Waals surface area contributed by atoms with Crippen LogP contribution in [-0.2, 0) is 14.3 Å². The molecular weight excluding hydrogens is 646 g/mol. The Kier molecular flexibility index (Phi) is 30.4. The summed E-state index contributed by atoms with van der Waals surface area (Å²) >= 11 is 0. The molecule has 1 rings (SSSR count). The van der Waals surface area contributed by atoms with E-state index in [1.165, 1.54) is 122 Å². The van der Waals surface area contributed by atoms with Crippen LogP contribution in [0.2, 0.25) is 0 Å². The predicted octanol–water partition coefficient (Wildman–Crippen LogP) is 8.02.